The predicted molar refractivity (Wildman–Crippen MR) is 98.3 cm³/mol. The van der Waals surface area contributed by atoms with Crippen molar-refractivity contribution < 1.29 is 4.79 Å². The number of aryl methyl sites for hydroxylation is 2. The highest BCUT2D eigenvalue weighted by Gasteiger charge is 2.10. The number of rotatable bonds is 5. The molecule has 2 aromatic carbocycles. The van der Waals surface area contributed by atoms with Gasteiger partial charge in [-0.05, 0) is 30.2 Å². The van der Waals surface area contributed by atoms with Gasteiger partial charge in [-0.25, -0.2) is 4.98 Å². The number of fused-ring (bicyclic) bond motifs is 1. The molecule has 0 radical (unpaired) electrons. The minimum atomic E-state index is -0.0825. The maximum atomic E-state index is 12.4. The van der Waals surface area contributed by atoms with Crippen LogP contribution in [0, 0.1) is 6.92 Å². The number of hydrogen-bond donors (Lipinski definition) is 1. The van der Waals surface area contributed by atoms with Crippen molar-refractivity contribution in [3.05, 3.63) is 75.8 Å². The third-order valence-electron chi connectivity index (χ3n) is 4.39. The average Bonchev–Trinajstić information content (AvgIpc) is 2.63. The van der Waals surface area contributed by atoms with Gasteiger partial charge >= 0.3 is 0 Å². The van der Waals surface area contributed by atoms with E-state index in [2.05, 4.69) is 10.3 Å². The summed E-state index contributed by atoms with van der Waals surface area (Å²) in [5.41, 5.74) is 2.84. The van der Waals surface area contributed by atoms with Crippen LogP contribution in [0.2, 0.25) is 0 Å². The van der Waals surface area contributed by atoms with Crippen molar-refractivity contribution in [2.45, 2.75) is 26.3 Å². The van der Waals surface area contributed by atoms with E-state index in [0.717, 1.165) is 11.1 Å². The molecule has 128 valence electrons. The van der Waals surface area contributed by atoms with E-state index in [-0.39, 0.29) is 11.5 Å². The molecule has 25 heavy (non-hydrogen) atoms. The lowest BCUT2D eigenvalue weighted by molar-refractivity contribution is -0.121. The molecule has 0 saturated carbocycles. The fourth-order valence-corrected chi connectivity index (χ4v) is 2.80. The summed E-state index contributed by atoms with van der Waals surface area (Å²) >= 11 is 0. The SMILES string of the molecule is Cc1ccccc1CNC(=O)CCc1nc2ccccc2c(=O)n1C. The van der Waals surface area contributed by atoms with Crippen LogP contribution < -0.4 is 10.9 Å². The zero-order valence-corrected chi connectivity index (χ0v) is 14.5. The first-order valence-corrected chi connectivity index (χ1v) is 8.32. The van der Waals surface area contributed by atoms with Crippen LogP contribution in [0.1, 0.15) is 23.4 Å². The number of carbonyl (C=O) groups excluding carboxylic acids is 1. The summed E-state index contributed by atoms with van der Waals surface area (Å²) in [6.07, 6.45) is 0.723. The predicted octanol–water partition coefficient (Wildman–Crippen LogP) is 2.49. The van der Waals surface area contributed by atoms with Gasteiger partial charge in [0, 0.05) is 26.4 Å². The Hall–Kier alpha value is -2.95. The number of nitrogens with one attached hydrogen (secondary N) is 1. The van der Waals surface area contributed by atoms with E-state index in [9.17, 15) is 9.59 Å². The van der Waals surface area contributed by atoms with Gasteiger partial charge in [0.15, 0.2) is 0 Å². The molecule has 1 aromatic heterocycles. The van der Waals surface area contributed by atoms with Crippen molar-refractivity contribution in [3.63, 3.8) is 0 Å². The minimum absolute atomic E-state index is 0.0503. The molecule has 0 aliphatic carbocycles. The van der Waals surface area contributed by atoms with E-state index in [4.69, 9.17) is 0 Å². The number of hydrogen-bond acceptors (Lipinski definition) is 3. The Balaban J connectivity index is 1.66. The molecule has 0 atom stereocenters. The lowest BCUT2D eigenvalue weighted by Crippen LogP contribution is -2.26. The zero-order chi connectivity index (χ0) is 17.8. The van der Waals surface area contributed by atoms with Crippen molar-refractivity contribution in [1.29, 1.82) is 0 Å². The maximum Gasteiger partial charge on any atom is 0.261 e. The molecule has 0 saturated heterocycles. The smallest absolute Gasteiger partial charge is 0.261 e. The first-order chi connectivity index (χ1) is 12.1. The quantitative estimate of drug-likeness (QED) is 0.779. The maximum absolute atomic E-state index is 12.4. The summed E-state index contributed by atoms with van der Waals surface area (Å²) in [6.45, 7) is 2.53. The largest absolute Gasteiger partial charge is 0.352 e. The van der Waals surface area contributed by atoms with Gasteiger partial charge in [0.2, 0.25) is 5.91 Å². The van der Waals surface area contributed by atoms with Crippen LogP contribution in [0.15, 0.2) is 53.3 Å². The van der Waals surface area contributed by atoms with Crippen LogP contribution in [0.5, 0.6) is 0 Å². The number of amides is 1. The summed E-state index contributed by atoms with van der Waals surface area (Å²) in [5, 5.41) is 3.52. The van der Waals surface area contributed by atoms with Crippen LogP contribution in [0.25, 0.3) is 10.9 Å². The highest BCUT2D eigenvalue weighted by molar-refractivity contribution is 5.78. The van der Waals surface area contributed by atoms with Crippen LogP contribution in [-0.2, 0) is 24.8 Å². The van der Waals surface area contributed by atoms with Crippen molar-refractivity contribution in [2.75, 3.05) is 0 Å². The second kappa shape index (κ2) is 7.30. The number of aromatic nitrogens is 2. The van der Waals surface area contributed by atoms with E-state index >= 15 is 0 Å². The number of carbonyl (C=O) groups is 1. The van der Waals surface area contributed by atoms with Crippen LogP contribution in [-0.4, -0.2) is 15.5 Å². The van der Waals surface area contributed by atoms with Gasteiger partial charge in [-0.1, -0.05) is 36.4 Å². The van der Waals surface area contributed by atoms with Gasteiger partial charge in [-0.3, -0.25) is 14.2 Å². The van der Waals surface area contributed by atoms with Gasteiger partial charge in [-0.2, -0.15) is 0 Å². The summed E-state index contributed by atoms with van der Waals surface area (Å²) in [6, 6.07) is 15.2. The van der Waals surface area contributed by atoms with E-state index < -0.39 is 0 Å². The van der Waals surface area contributed by atoms with E-state index in [1.165, 1.54) is 4.57 Å². The van der Waals surface area contributed by atoms with Crippen LogP contribution >= 0.6 is 0 Å². The first kappa shape index (κ1) is 16.9. The van der Waals surface area contributed by atoms with Crippen molar-refractivity contribution in [3.8, 4) is 0 Å². The summed E-state index contributed by atoms with van der Waals surface area (Å²) in [7, 11) is 1.70. The topological polar surface area (TPSA) is 64.0 Å². The molecule has 0 aliphatic rings. The molecule has 0 spiro atoms. The van der Waals surface area contributed by atoms with Gasteiger partial charge in [0.25, 0.3) is 5.56 Å². The normalized spacial score (nSPS) is 10.8. The van der Waals surface area contributed by atoms with Gasteiger partial charge in [0.05, 0.1) is 10.9 Å². The molecule has 3 rings (SSSR count). The third-order valence-corrected chi connectivity index (χ3v) is 4.39. The number of para-hydroxylation sites is 1. The molecule has 0 unspecified atom stereocenters. The molecule has 5 nitrogen and oxygen atoms in total. The van der Waals surface area contributed by atoms with E-state index in [1.54, 1.807) is 13.1 Å². The van der Waals surface area contributed by atoms with Gasteiger partial charge in [0.1, 0.15) is 5.82 Å². The summed E-state index contributed by atoms with van der Waals surface area (Å²) in [4.78, 5) is 29.0. The van der Waals surface area contributed by atoms with Crippen LogP contribution in [0.4, 0.5) is 0 Å². The molecule has 5 heteroatoms. The number of nitrogens with zero attached hydrogens (tertiary/aromatic N) is 2. The zero-order valence-electron chi connectivity index (χ0n) is 14.5. The van der Waals surface area contributed by atoms with Crippen molar-refractivity contribution in [1.82, 2.24) is 14.9 Å². The Kier molecular flexibility index (Phi) is 4.93. The molecular weight excluding hydrogens is 314 g/mol. The van der Waals surface area contributed by atoms with E-state index in [0.29, 0.717) is 36.1 Å². The minimum Gasteiger partial charge on any atom is -0.352 e. The Bertz CT molecular complexity index is 976. The highest BCUT2D eigenvalue weighted by Crippen LogP contribution is 2.09. The highest BCUT2D eigenvalue weighted by atomic mass is 16.1. The molecule has 3 aromatic rings. The average molecular weight is 335 g/mol. The summed E-state index contributed by atoms with van der Waals surface area (Å²) < 4.78 is 1.52. The molecule has 1 N–H and O–H groups in total. The lowest BCUT2D eigenvalue weighted by atomic mass is 10.1. The second-order valence-electron chi connectivity index (χ2n) is 6.11. The fraction of sp³-hybridized carbons (Fsp3) is 0.250. The number of benzene rings is 2. The molecular formula is C20H21N3O2. The molecule has 0 bridgehead atoms. The Morgan fingerprint density at radius 1 is 1.12 bits per heavy atom. The molecule has 1 heterocycles. The van der Waals surface area contributed by atoms with Gasteiger partial charge < -0.3 is 5.32 Å². The molecule has 0 aliphatic heterocycles. The Labute approximate surface area is 146 Å². The van der Waals surface area contributed by atoms with Crippen molar-refractivity contribution >= 4 is 16.8 Å². The third kappa shape index (κ3) is 3.76. The van der Waals surface area contributed by atoms with Crippen molar-refractivity contribution in [2.24, 2.45) is 7.05 Å². The Morgan fingerprint density at radius 3 is 2.64 bits per heavy atom. The van der Waals surface area contributed by atoms with E-state index in [1.807, 2.05) is 49.4 Å². The standard InChI is InChI=1S/C20H21N3O2/c1-14-7-3-4-8-15(14)13-21-19(24)12-11-18-22-17-10-6-5-9-16(17)20(25)23(18)2/h3-10H,11-13H2,1-2H3,(H,21,24). The monoisotopic (exact) mass is 335 g/mol. The van der Waals surface area contributed by atoms with Crippen LogP contribution in [0.3, 0.4) is 0 Å². The fourth-order valence-electron chi connectivity index (χ4n) is 2.80. The lowest BCUT2D eigenvalue weighted by Gasteiger charge is -2.10. The summed E-state index contributed by atoms with van der Waals surface area (Å²) in [5.74, 6) is 0.570. The Morgan fingerprint density at radius 2 is 1.84 bits per heavy atom. The molecule has 1 amide bonds. The first-order valence-electron chi connectivity index (χ1n) is 8.32. The molecule has 0 fully saturated rings. The van der Waals surface area contributed by atoms with Gasteiger partial charge in [-0.15, -0.1) is 0 Å². The second-order valence-corrected chi connectivity index (χ2v) is 6.11.